The molecule has 0 bridgehead atoms. The number of amides is 6. The number of ether oxygens (including phenoxy) is 1. The molecule has 3 rings (SSSR count). The molecule has 0 aliphatic rings. The Morgan fingerprint density at radius 2 is 1.29 bits per heavy atom. The number of guanidine groups is 2. The van der Waals surface area contributed by atoms with Crippen molar-refractivity contribution >= 4 is 70.2 Å². The molecule has 0 aliphatic carbocycles. The monoisotopic (exact) mass is 924 g/mol. The first-order chi connectivity index (χ1) is 30.7. The minimum atomic E-state index is -1.21. The van der Waals surface area contributed by atoms with Gasteiger partial charge >= 0.3 is 11.7 Å². The topological polar surface area (TPSA) is 380 Å². The molecule has 0 radical (unpaired) electrons. The number of hydrogen-bond acceptors (Lipinski definition) is 12. The van der Waals surface area contributed by atoms with E-state index in [0.29, 0.717) is 16.6 Å². The Kier molecular flexibility index (Phi) is 25.3. The van der Waals surface area contributed by atoms with Gasteiger partial charge in [-0.3, -0.25) is 38.8 Å². The molecule has 0 spiro atoms. The fourth-order valence-corrected chi connectivity index (χ4v) is 5.84. The lowest BCUT2D eigenvalue weighted by molar-refractivity contribution is -0.134. The van der Waals surface area contributed by atoms with Crippen molar-refractivity contribution in [3.63, 3.8) is 0 Å². The van der Waals surface area contributed by atoms with Crippen molar-refractivity contribution < 1.29 is 47.8 Å². The number of nitrogens with two attached hydrogens (primary N) is 4. The summed E-state index contributed by atoms with van der Waals surface area (Å²) in [5, 5.41) is 23.5. The van der Waals surface area contributed by atoms with Crippen molar-refractivity contribution in [3.05, 3.63) is 76.1 Å². The zero-order valence-electron chi connectivity index (χ0n) is 36.8. The van der Waals surface area contributed by atoms with Gasteiger partial charge in [0.05, 0.1) is 13.1 Å². The van der Waals surface area contributed by atoms with Crippen LogP contribution in [0.3, 0.4) is 0 Å². The van der Waals surface area contributed by atoms with Gasteiger partial charge < -0.3 is 69.1 Å². The Hall–Kier alpha value is -7.72. The van der Waals surface area contributed by atoms with E-state index in [1.54, 1.807) is 43.3 Å². The van der Waals surface area contributed by atoms with Gasteiger partial charge in [-0.25, -0.2) is 9.59 Å². The van der Waals surface area contributed by atoms with E-state index in [9.17, 15) is 33.6 Å². The number of nitrogens with zero attached hydrogens (tertiary/aromatic N) is 2. The summed E-state index contributed by atoms with van der Waals surface area (Å²) < 4.78 is 10.5. The molecule has 23 heteroatoms. The first kappa shape index (κ1) is 56.3. The van der Waals surface area contributed by atoms with E-state index in [2.05, 4.69) is 41.9 Å². The number of rotatable bonds is 23. The minimum Gasteiger partial charge on any atom is -0.481 e. The third kappa shape index (κ3) is 23.1. The molecule has 3 atom stereocenters. The number of carboxylic acids is 1. The van der Waals surface area contributed by atoms with Gasteiger partial charge in [0.25, 0.3) is 5.97 Å². The maximum Gasteiger partial charge on any atom is 0.408 e. The molecule has 0 fully saturated rings. The van der Waals surface area contributed by atoms with E-state index in [4.69, 9.17) is 42.0 Å². The van der Waals surface area contributed by atoms with E-state index < -0.39 is 78.4 Å². The van der Waals surface area contributed by atoms with Crippen LogP contribution in [0.4, 0.5) is 10.5 Å². The lowest BCUT2D eigenvalue weighted by Crippen LogP contribution is -2.57. The van der Waals surface area contributed by atoms with Gasteiger partial charge in [0.15, 0.2) is 11.9 Å². The smallest absolute Gasteiger partial charge is 0.408 e. The summed E-state index contributed by atoms with van der Waals surface area (Å²) in [6.45, 7) is 5.74. The second-order valence-electron chi connectivity index (χ2n) is 14.9. The summed E-state index contributed by atoms with van der Waals surface area (Å²) in [4.78, 5) is 108. The fraction of sp³-hybridized carbons (Fsp3) is 0.442. The molecule has 15 N–H and O–H groups in total. The zero-order chi connectivity index (χ0) is 48.5. The number of hydrogen-bond donors (Lipinski definition) is 11. The van der Waals surface area contributed by atoms with Crippen LogP contribution in [0, 0.1) is 12.8 Å². The Bertz CT molecular complexity index is 2200. The summed E-state index contributed by atoms with van der Waals surface area (Å²) in [5.74, 6) is -4.69. The second kappa shape index (κ2) is 29.6. The van der Waals surface area contributed by atoms with Gasteiger partial charge in [-0.05, 0) is 68.2 Å². The molecule has 1 heterocycles. The molecule has 1 aromatic heterocycles. The van der Waals surface area contributed by atoms with Crippen molar-refractivity contribution in [1.82, 2.24) is 26.6 Å². The standard InChI is InChI=1S/C40H56N12O9.C2H4O2.CH4/c1-23(2)17-30(51-36(57)29(12-8-16-46-39(43)44)52-40(59)60-22-25-9-5-4-6-10-25)37(58)50-28(11-7-15-45-38(41)42)35(56)48-20-32(53)47-21-33(54)49-26-13-14-27-24(3)18-34(55)61-31(27)19-26;1-2(3)4;/h4-6,9-10,13-14,18-19,23,28-30H,7-8,11-12,15-17,20-22H2,1-3H3,(H,47,53)(H,48,56)(H,49,54)(H,50,58)(H,51,57)(H,52,59)(H4,41,42,45)(H4,43,44,46);1H3,(H,3,4);1H4/t28-,29-,30-;;/m0../s1. The van der Waals surface area contributed by atoms with Crippen molar-refractivity contribution in [3.8, 4) is 0 Å². The number of anilines is 1. The Balaban J connectivity index is 0.00000417. The van der Waals surface area contributed by atoms with Crippen LogP contribution in [0.1, 0.15) is 71.4 Å². The van der Waals surface area contributed by atoms with E-state index in [1.807, 2.05) is 19.9 Å². The fourth-order valence-electron chi connectivity index (χ4n) is 5.84. The number of nitrogens with one attached hydrogen (secondary N) is 6. The molecule has 0 saturated carbocycles. The van der Waals surface area contributed by atoms with Crippen LogP contribution in [0.15, 0.2) is 73.8 Å². The van der Waals surface area contributed by atoms with Gasteiger partial charge in [-0.15, -0.1) is 0 Å². The van der Waals surface area contributed by atoms with Crippen LogP contribution in [0.5, 0.6) is 0 Å². The van der Waals surface area contributed by atoms with E-state index >= 15 is 0 Å². The number of aryl methyl sites for hydroxylation is 1. The molecule has 6 amide bonds. The van der Waals surface area contributed by atoms with Crippen LogP contribution in [-0.2, 0) is 40.1 Å². The molecular formula is C43H64N12O11. The number of benzene rings is 2. The summed E-state index contributed by atoms with van der Waals surface area (Å²) in [6.07, 6.45) is -0.0628. The Morgan fingerprint density at radius 1 is 0.742 bits per heavy atom. The second-order valence-corrected chi connectivity index (χ2v) is 14.9. The van der Waals surface area contributed by atoms with Crippen LogP contribution >= 0.6 is 0 Å². The number of aliphatic imine (C=N–C) groups is 2. The lowest BCUT2D eigenvalue weighted by Gasteiger charge is -2.26. The van der Waals surface area contributed by atoms with Crippen LogP contribution in [0.25, 0.3) is 11.0 Å². The largest absolute Gasteiger partial charge is 0.481 e. The molecule has 66 heavy (non-hydrogen) atoms. The molecule has 0 unspecified atom stereocenters. The Morgan fingerprint density at radius 3 is 1.86 bits per heavy atom. The maximum absolute atomic E-state index is 13.8. The van der Waals surface area contributed by atoms with Crippen LogP contribution in [-0.4, -0.2) is 103 Å². The van der Waals surface area contributed by atoms with Gasteiger partial charge in [0.2, 0.25) is 29.5 Å². The van der Waals surface area contributed by atoms with Crippen molar-refractivity contribution in [1.29, 1.82) is 0 Å². The third-order valence-electron chi connectivity index (χ3n) is 8.79. The van der Waals surface area contributed by atoms with Crippen molar-refractivity contribution in [2.75, 3.05) is 31.5 Å². The van der Waals surface area contributed by atoms with Crippen LogP contribution < -0.4 is 60.5 Å². The number of aliphatic carboxylic acids is 1. The summed E-state index contributed by atoms with van der Waals surface area (Å²) in [5.41, 5.74) is 23.2. The Labute approximate surface area is 382 Å². The quantitative estimate of drug-likeness (QED) is 0.0266. The van der Waals surface area contributed by atoms with Gasteiger partial charge in [0, 0.05) is 43.2 Å². The number of alkyl carbamates (subject to hydrolysis) is 1. The predicted octanol–water partition coefficient (Wildman–Crippen LogP) is 0.417. The summed E-state index contributed by atoms with van der Waals surface area (Å²) in [7, 11) is 0. The van der Waals surface area contributed by atoms with Gasteiger partial charge in [-0.1, -0.05) is 51.6 Å². The lowest BCUT2D eigenvalue weighted by atomic mass is 10.0. The predicted molar refractivity (Wildman–Crippen MR) is 249 cm³/mol. The molecule has 362 valence electrons. The number of carboxylic acid groups (broad SMARTS) is 1. The zero-order valence-corrected chi connectivity index (χ0v) is 36.8. The highest BCUT2D eigenvalue weighted by molar-refractivity contribution is 5.98. The molecule has 2 aromatic carbocycles. The number of fused-ring (bicyclic) bond motifs is 1. The van der Waals surface area contributed by atoms with Crippen molar-refractivity contribution in [2.45, 2.75) is 92.0 Å². The number of carbonyl (C=O) groups excluding carboxylic acids is 6. The molecular weight excluding hydrogens is 861 g/mol. The van der Waals surface area contributed by atoms with Crippen molar-refractivity contribution in [2.24, 2.45) is 38.8 Å². The van der Waals surface area contributed by atoms with E-state index in [1.165, 1.54) is 12.1 Å². The van der Waals surface area contributed by atoms with E-state index in [0.717, 1.165) is 12.5 Å². The first-order valence-corrected chi connectivity index (χ1v) is 20.5. The first-order valence-electron chi connectivity index (χ1n) is 20.5. The highest BCUT2D eigenvalue weighted by Crippen LogP contribution is 2.20. The minimum absolute atomic E-state index is 0. The maximum atomic E-state index is 13.8. The summed E-state index contributed by atoms with van der Waals surface area (Å²) >= 11 is 0. The summed E-state index contributed by atoms with van der Waals surface area (Å²) in [6, 6.07) is 11.5. The highest BCUT2D eigenvalue weighted by atomic mass is 16.5. The van der Waals surface area contributed by atoms with E-state index in [-0.39, 0.29) is 82.6 Å². The number of carbonyl (C=O) groups is 7. The third-order valence-corrected chi connectivity index (χ3v) is 8.79. The average Bonchev–Trinajstić information content (AvgIpc) is 3.22. The SMILES string of the molecule is C.CC(=O)O.Cc1cc(=O)oc2cc(NC(=O)CNC(=O)CNC(=O)[C@H](CCCN=C(N)N)NC(=O)[C@H](CC(C)C)NC(=O)[C@H](CCCN=C(N)N)NC(=O)OCc3ccccc3)ccc12. The molecule has 0 aliphatic heterocycles. The van der Waals surface area contributed by atoms with Gasteiger partial charge in [-0.2, -0.15) is 0 Å². The molecule has 0 saturated heterocycles. The molecule has 23 nitrogen and oxygen atoms in total. The average molecular weight is 925 g/mol. The van der Waals surface area contributed by atoms with Crippen LogP contribution in [0.2, 0.25) is 0 Å². The highest BCUT2D eigenvalue weighted by Gasteiger charge is 2.30. The van der Waals surface area contributed by atoms with Gasteiger partial charge in [0.1, 0.15) is 30.3 Å². The normalized spacial score (nSPS) is 11.7. The molecule has 3 aromatic rings.